The smallest absolute Gasteiger partial charge is 0.263 e. The highest BCUT2D eigenvalue weighted by Gasteiger charge is 2.62. The van der Waals surface area contributed by atoms with Crippen LogP contribution in [0.25, 0.3) is 10.9 Å². The fourth-order valence-corrected chi connectivity index (χ4v) is 8.91. The molecule has 6 N–H and O–H groups in total. The number of primary amides is 1. The number of H-pyrrole nitrogens is 2. The van der Waals surface area contributed by atoms with Crippen molar-refractivity contribution in [1.29, 1.82) is 0 Å². The molecule has 0 aliphatic heterocycles. The van der Waals surface area contributed by atoms with Gasteiger partial charge in [-0.25, -0.2) is 0 Å². The van der Waals surface area contributed by atoms with Gasteiger partial charge in [-0.05, 0) is 91.0 Å². The summed E-state index contributed by atoms with van der Waals surface area (Å²) in [6.45, 7) is 0.419. The van der Waals surface area contributed by atoms with Gasteiger partial charge in [0, 0.05) is 29.6 Å². The molecule has 0 spiro atoms. The number of rotatable bonds is 11. The molecule has 42 heavy (non-hydrogen) atoms. The minimum absolute atomic E-state index is 0.0169. The van der Waals surface area contributed by atoms with Crippen molar-refractivity contribution in [1.82, 2.24) is 30.9 Å². The fraction of sp³-hybridized carbons (Fsp3) is 0.469. The Labute approximate surface area is 244 Å². The van der Waals surface area contributed by atoms with Gasteiger partial charge in [-0.3, -0.25) is 9.59 Å². The van der Waals surface area contributed by atoms with Crippen LogP contribution in [0, 0.1) is 35.0 Å². The lowest BCUT2D eigenvalue weighted by atomic mass is 9.42. The first kappa shape index (κ1) is 26.7. The van der Waals surface area contributed by atoms with Crippen LogP contribution in [0.2, 0.25) is 0 Å². The van der Waals surface area contributed by atoms with Crippen LogP contribution >= 0.6 is 0 Å². The van der Waals surface area contributed by atoms with Crippen molar-refractivity contribution in [3.05, 3.63) is 71.9 Å². The summed E-state index contributed by atoms with van der Waals surface area (Å²) in [5.74, 6) is 1.14. The van der Waals surface area contributed by atoms with Crippen LogP contribution in [-0.4, -0.2) is 50.0 Å². The van der Waals surface area contributed by atoms with Crippen LogP contribution in [0.15, 0.2) is 60.8 Å². The van der Waals surface area contributed by atoms with Gasteiger partial charge >= 0.3 is 0 Å². The lowest BCUT2D eigenvalue weighted by Gasteiger charge is -2.61. The van der Waals surface area contributed by atoms with Gasteiger partial charge < -0.3 is 21.4 Å². The summed E-state index contributed by atoms with van der Waals surface area (Å²) in [5, 5.41) is 21.9. The van der Waals surface area contributed by atoms with Crippen molar-refractivity contribution in [2.45, 2.75) is 51.0 Å². The molecule has 2 heterocycles. The number of carbonyl (C=O) groups is 2. The maximum atomic E-state index is 14.6. The largest absolute Gasteiger partial charge is 0.369 e. The molecule has 4 fully saturated rings. The highest BCUT2D eigenvalue weighted by atomic mass is 16.2. The molecule has 0 saturated heterocycles. The zero-order chi connectivity index (χ0) is 28.7. The van der Waals surface area contributed by atoms with E-state index in [1.807, 2.05) is 36.5 Å². The van der Waals surface area contributed by atoms with Crippen molar-refractivity contribution < 1.29 is 9.59 Å². The molecule has 4 aromatic rings. The third kappa shape index (κ3) is 4.92. The SMILES string of the molecule is NC(=O)C12CC3CC(CC(C3)C1[C@H](Cc1ccccc1)C(=O)N[C@H](CNc1nn[nH]n1)Cc1c[nH]c3ccccc13)C2. The molecule has 2 amide bonds. The Morgan fingerprint density at radius 3 is 2.50 bits per heavy atom. The van der Waals surface area contributed by atoms with E-state index in [4.69, 9.17) is 5.73 Å². The Kier molecular flexibility index (Phi) is 6.91. The molecule has 0 radical (unpaired) electrons. The molecule has 10 nitrogen and oxygen atoms in total. The second-order valence-electron chi connectivity index (χ2n) is 12.8. The lowest BCUT2D eigenvalue weighted by molar-refractivity contribution is -0.167. The monoisotopic (exact) mass is 566 g/mol. The van der Waals surface area contributed by atoms with E-state index in [0.717, 1.165) is 47.7 Å². The first-order valence-electron chi connectivity index (χ1n) is 15.1. The van der Waals surface area contributed by atoms with E-state index in [2.05, 4.69) is 60.5 Å². The van der Waals surface area contributed by atoms with Gasteiger partial charge in [-0.1, -0.05) is 53.6 Å². The first-order chi connectivity index (χ1) is 20.5. The van der Waals surface area contributed by atoms with Crippen molar-refractivity contribution in [2.75, 3.05) is 11.9 Å². The van der Waals surface area contributed by atoms with E-state index < -0.39 is 5.41 Å². The predicted molar refractivity (Wildman–Crippen MR) is 159 cm³/mol. The third-order valence-electron chi connectivity index (χ3n) is 10.3. The number of aromatic nitrogens is 5. The van der Waals surface area contributed by atoms with E-state index in [9.17, 15) is 9.59 Å². The summed E-state index contributed by atoms with van der Waals surface area (Å²) in [7, 11) is 0. The highest BCUT2D eigenvalue weighted by Crippen LogP contribution is 2.64. The number of fused-ring (bicyclic) bond motifs is 1. The zero-order valence-corrected chi connectivity index (χ0v) is 23.6. The van der Waals surface area contributed by atoms with Crippen LogP contribution in [0.3, 0.4) is 0 Å². The quantitative estimate of drug-likeness (QED) is 0.187. The molecular formula is C32H38N8O2. The van der Waals surface area contributed by atoms with Crippen molar-refractivity contribution >= 4 is 28.7 Å². The lowest BCUT2D eigenvalue weighted by Crippen LogP contribution is -2.62. The summed E-state index contributed by atoms with van der Waals surface area (Å²) in [5.41, 5.74) is 8.92. The van der Waals surface area contributed by atoms with Gasteiger partial charge in [0.15, 0.2) is 0 Å². The molecule has 2 aromatic carbocycles. The van der Waals surface area contributed by atoms with Crippen LogP contribution < -0.4 is 16.4 Å². The van der Waals surface area contributed by atoms with E-state index in [-0.39, 0.29) is 29.7 Å². The molecule has 5 atom stereocenters. The van der Waals surface area contributed by atoms with Crippen molar-refractivity contribution in [2.24, 2.45) is 40.7 Å². The number of tetrazole rings is 1. The van der Waals surface area contributed by atoms with E-state index in [1.165, 1.54) is 6.42 Å². The molecule has 10 heteroatoms. The van der Waals surface area contributed by atoms with E-state index >= 15 is 0 Å². The fourth-order valence-electron chi connectivity index (χ4n) is 8.91. The average molecular weight is 567 g/mol. The van der Waals surface area contributed by atoms with Crippen molar-refractivity contribution in [3.8, 4) is 0 Å². The number of aromatic amines is 2. The number of nitrogens with two attached hydrogens (primary N) is 1. The number of benzene rings is 2. The maximum Gasteiger partial charge on any atom is 0.263 e. The van der Waals surface area contributed by atoms with Gasteiger partial charge in [-0.15, -0.1) is 5.10 Å². The zero-order valence-electron chi connectivity index (χ0n) is 23.6. The average Bonchev–Trinajstić information content (AvgIpc) is 3.65. The predicted octanol–water partition coefficient (Wildman–Crippen LogP) is 3.61. The maximum absolute atomic E-state index is 14.6. The minimum atomic E-state index is -0.610. The Balaban J connectivity index is 1.20. The van der Waals surface area contributed by atoms with Crippen LogP contribution in [0.1, 0.15) is 43.2 Å². The number of nitrogens with one attached hydrogen (secondary N) is 4. The molecule has 3 unspecified atom stereocenters. The molecule has 4 saturated carbocycles. The Morgan fingerprint density at radius 1 is 1.00 bits per heavy atom. The molecule has 4 aliphatic carbocycles. The molecule has 2 aromatic heterocycles. The number of hydrogen-bond donors (Lipinski definition) is 5. The summed E-state index contributed by atoms with van der Waals surface area (Å²) in [6.07, 6.45) is 8.21. The van der Waals surface area contributed by atoms with Gasteiger partial charge in [0.05, 0.1) is 11.5 Å². The Bertz CT molecular complexity index is 1540. The summed E-state index contributed by atoms with van der Waals surface area (Å²) in [4.78, 5) is 31.2. The Hall–Kier alpha value is -4.21. The second-order valence-corrected chi connectivity index (χ2v) is 12.8. The number of nitrogens with zero attached hydrogens (tertiary/aromatic N) is 3. The second kappa shape index (κ2) is 10.9. The number of carbonyl (C=O) groups excluding carboxylic acids is 2. The molecule has 4 bridgehead atoms. The molecular weight excluding hydrogens is 528 g/mol. The van der Waals surface area contributed by atoms with Crippen molar-refractivity contribution in [3.63, 3.8) is 0 Å². The van der Waals surface area contributed by atoms with Gasteiger partial charge in [0.2, 0.25) is 11.8 Å². The number of hydrogen-bond acceptors (Lipinski definition) is 6. The molecule has 4 aliphatic rings. The van der Waals surface area contributed by atoms with E-state index in [0.29, 0.717) is 43.1 Å². The van der Waals surface area contributed by atoms with Crippen LogP contribution in [0.4, 0.5) is 5.95 Å². The first-order valence-corrected chi connectivity index (χ1v) is 15.1. The molecule has 8 rings (SSSR count). The van der Waals surface area contributed by atoms with Gasteiger partial charge in [0.1, 0.15) is 0 Å². The van der Waals surface area contributed by atoms with Crippen LogP contribution in [0.5, 0.6) is 0 Å². The summed E-state index contributed by atoms with van der Waals surface area (Å²) < 4.78 is 0. The number of amides is 2. The topological polar surface area (TPSA) is 154 Å². The van der Waals surface area contributed by atoms with Gasteiger partial charge in [-0.2, -0.15) is 5.21 Å². The molecule has 218 valence electrons. The number of anilines is 1. The number of para-hydroxylation sites is 1. The third-order valence-corrected chi connectivity index (χ3v) is 10.3. The standard InChI is InChI=1S/C32H38N8O2/c33-30(42)32-15-20-10-21(16-32)12-22(11-20)28(32)26(13-19-6-2-1-3-7-19)29(41)36-24(18-35-31-37-39-40-38-31)14-23-17-34-27-9-5-4-8-25(23)27/h1-9,17,20-22,24,26,28,34H,10-16,18H2,(H2,33,42)(H,36,41)(H2,35,37,38,39,40)/t20?,21?,22?,24-,26-,28?,32?/m0/s1. The normalized spacial score (nSPS) is 27.5. The minimum Gasteiger partial charge on any atom is -0.369 e. The Morgan fingerprint density at radius 2 is 1.76 bits per heavy atom. The van der Waals surface area contributed by atoms with Crippen LogP contribution in [-0.2, 0) is 22.4 Å². The van der Waals surface area contributed by atoms with E-state index in [1.54, 1.807) is 0 Å². The summed E-state index contributed by atoms with van der Waals surface area (Å²) >= 11 is 0. The highest BCUT2D eigenvalue weighted by molar-refractivity contribution is 5.86. The van der Waals surface area contributed by atoms with Gasteiger partial charge in [0.25, 0.3) is 5.95 Å². The summed E-state index contributed by atoms with van der Waals surface area (Å²) in [6, 6.07) is 18.1.